The van der Waals surface area contributed by atoms with Crippen LogP contribution in [0, 0.1) is 22.7 Å². The van der Waals surface area contributed by atoms with E-state index in [1.165, 1.54) is 12.7 Å². The van der Waals surface area contributed by atoms with Crippen LogP contribution in [0.5, 0.6) is 0 Å². The highest BCUT2D eigenvalue weighted by atomic mass is 16.7. The van der Waals surface area contributed by atoms with Crippen molar-refractivity contribution in [2.45, 2.75) is 65.0 Å². The van der Waals surface area contributed by atoms with Gasteiger partial charge in [0.15, 0.2) is 17.4 Å². The number of Topliss-reactive ketones (excluding diaryl/α,β-unsaturated/α-hetero) is 1. The predicted octanol–water partition coefficient (Wildman–Crippen LogP) is 3.57. The number of carbonyl (C=O) groups excluding carboxylic acids is 2. The fraction of sp³-hybridized carbons (Fsp3) is 0.760. The summed E-state index contributed by atoms with van der Waals surface area (Å²) in [7, 11) is 2.92. The zero-order valence-corrected chi connectivity index (χ0v) is 20.1. The van der Waals surface area contributed by atoms with Crippen LogP contribution in [0.2, 0.25) is 0 Å². The summed E-state index contributed by atoms with van der Waals surface area (Å²) < 4.78 is 28.8. The van der Waals surface area contributed by atoms with Crippen LogP contribution in [0.15, 0.2) is 23.3 Å². The predicted molar refractivity (Wildman–Crippen MR) is 117 cm³/mol. The third-order valence-electron chi connectivity index (χ3n) is 8.43. The molecule has 1 saturated heterocycles. The van der Waals surface area contributed by atoms with Gasteiger partial charge in [0.2, 0.25) is 0 Å². The van der Waals surface area contributed by atoms with Crippen molar-refractivity contribution in [2.24, 2.45) is 22.7 Å². The van der Waals surface area contributed by atoms with E-state index in [-0.39, 0.29) is 35.0 Å². The van der Waals surface area contributed by atoms with Crippen LogP contribution in [0.1, 0.15) is 53.4 Å². The van der Waals surface area contributed by atoms with Crippen molar-refractivity contribution in [1.29, 1.82) is 0 Å². The van der Waals surface area contributed by atoms with Crippen molar-refractivity contribution in [3.63, 3.8) is 0 Å². The Balaban J connectivity index is 1.77. The molecule has 7 heteroatoms. The molecule has 0 bridgehead atoms. The molecule has 3 aliphatic carbocycles. The minimum absolute atomic E-state index is 0.00948. The molecule has 0 unspecified atom stereocenters. The lowest BCUT2D eigenvalue weighted by molar-refractivity contribution is -0.227. The van der Waals surface area contributed by atoms with Gasteiger partial charge in [0, 0.05) is 31.3 Å². The Hall–Kier alpha value is -1.54. The Morgan fingerprint density at radius 3 is 2.53 bits per heavy atom. The van der Waals surface area contributed by atoms with Gasteiger partial charge in [0.05, 0.1) is 32.5 Å². The molecule has 1 spiro atoms. The number of methoxy groups -OCH3 is 2. The summed E-state index contributed by atoms with van der Waals surface area (Å²) in [5.74, 6) is -2.00. The summed E-state index contributed by atoms with van der Waals surface area (Å²) in [5, 5.41) is 0. The normalized spacial score (nSPS) is 36.2. The second-order valence-corrected chi connectivity index (χ2v) is 10.4. The van der Waals surface area contributed by atoms with Gasteiger partial charge >= 0.3 is 5.97 Å². The maximum Gasteiger partial charge on any atom is 0.341 e. The monoisotopic (exact) mass is 448 g/mol. The van der Waals surface area contributed by atoms with Crippen molar-refractivity contribution < 1.29 is 33.3 Å². The second kappa shape index (κ2) is 8.05. The molecule has 0 amide bonds. The number of hydrogen-bond acceptors (Lipinski definition) is 7. The van der Waals surface area contributed by atoms with Gasteiger partial charge < -0.3 is 23.7 Å². The van der Waals surface area contributed by atoms with Crippen molar-refractivity contribution in [1.82, 2.24) is 0 Å². The summed E-state index contributed by atoms with van der Waals surface area (Å²) >= 11 is 0. The van der Waals surface area contributed by atoms with Crippen LogP contribution in [-0.4, -0.2) is 57.4 Å². The third-order valence-corrected chi connectivity index (χ3v) is 8.43. The molecule has 0 radical (unpaired) electrons. The molecule has 0 aromatic rings. The molecule has 7 nitrogen and oxygen atoms in total. The first-order valence-electron chi connectivity index (χ1n) is 11.5. The zero-order chi connectivity index (χ0) is 23.4. The quantitative estimate of drug-likeness (QED) is 0.275. The van der Waals surface area contributed by atoms with Crippen molar-refractivity contribution in [3.8, 4) is 0 Å². The minimum Gasteiger partial charge on any atom is -0.465 e. The molecule has 4 atom stereocenters. The first-order chi connectivity index (χ1) is 15.0. The van der Waals surface area contributed by atoms with E-state index in [4.69, 9.17) is 23.7 Å². The number of rotatable bonds is 5. The molecule has 1 heterocycles. The second-order valence-electron chi connectivity index (χ2n) is 10.4. The molecule has 4 aliphatic rings. The highest BCUT2D eigenvalue weighted by Gasteiger charge is 2.61. The van der Waals surface area contributed by atoms with Crippen LogP contribution in [-0.2, 0) is 33.3 Å². The third kappa shape index (κ3) is 3.58. The highest BCUT2D eigenvalue weighted by molar-refractivity contribution is 6.18. The minimum atomic E-state index is -0.777. The van der Waals surface area contributed by atoms with Gasteiger partial charge in [-0.3, -0.25) is 4.79 Å². The first-order valence-corrected chi connectivity index (χ1v) is 11.5. The summed E-state index contributed by atoms with van der Waals surface area (Å²) in [6.45, 7) is 9.73. The maximum atomic E-state index is 13.1. The molecule has 0 N–H and O–H groups in total. The van der Waals surface area contributed by atoms with Crippen LogP contribution in [0.4, 0.5) is 0 Å². The Morgan fingerprint density at radius 1 is 1.22 bits per heavy atom. The largest absolute Gasteiger partial charge is 0.465 e. The van der Waals surface area contributed by atoms with Crippen LogP contribution in [0.3, 0.4) is 0 Å². The van der Waals surface area contributed by atoms with E-state index < -0.39 is 23.0 Å². The molecule has 4 rings (SSSR count). The van der Waals surface area contributed by atoms with Gasteiger partial charge in [0.1, 0.15) is 0 Å². The van der Waals surface area contributed by atoms with Crippen molar-refractivity contribution in [2.75, 3.05) is 34.0 Å². The topological polar surface area (TPSA) is 80.3 Å². The molecular formula is C25H36O7. The van der Waals surface area contributed by atoms with E-state index in [0.717, 1.165) is 12.8 Å². The van der Waals surface area contributed by atoms with E-state index in [1.54, 1.807) is 7.11 Å². The molecule has 178 valence electrons. The number of ether oxygens (including phenoxy) is 5. The van der Waals surface area contributed by atoms with E-state index >= 15 is 0 Å². The van der Waals surface area contributed by atoms with Crippen LogP contribution >= 0.6 is 0 Å². The summed E-state index contributed by atoms with van der Waals surface area (Å²) in [5.41, 5.74) is 0.686. The van der Waals surface area contributed by atoms with Gasteiger partial charge in [-0.15, -0.1) is 0 Å². The summed E-state index contributed by atoms with van der Waals surface area (Å²) in [6, 6.07) is 0. The number of esters is 1. The SMILES string of the molecule is COC(=O)C1=C[C@]2(COC(C)(C)OC)CC=C3[C@H](C)C4(CC[C@]3(C)[C@H]2CC1=O)OCCO4. The Bertz CT molecular complexity index is 850. The number of carbonyl (C=O) groups is 2. The average molecular weight is 449 g/mol. The van der Waals surface area contributed by atoms with Gasteiger partial charge in [-0.25, -0.2) is 4.79 Å². The number of hydrogen-bond donors (Lipinski definition) is 0. The number of allylic oxidation sites excluding steroid dienone is 1. The van der Waals surface area contributed by atoms with Gasteiger partial charge in [-0.05, 0) is 38.0 Å². The Labute approximate surface area is 190 Å². The lowest BCUT2D eigenvalue weighted by Crippen LogP contribution is -2.57. The van der Waals surface area contributed by atoms with Crippen LogP contribution in [0.25, 0.3) is 0 Å². The number of ketones is 1. The molecule has 0 aromatic carbocycles. The van der Waals surface area contributed by atoms with Crippen molar-refractivity contribution >= 4 is 11.8 Å². The smallest absolute Gasteiger partial charge is 0.341 e. The van der Waals surface area contributed by atoms with E-state index in [9.17, 15) is 9.59 Å². The van der Waals surface area contributed by atoms with Gasteiger partial charge in [0.25, 0.3) is 0 Å². The maximum absolute atomic E-state index is 13.1. The van der Waals surface area contributed by atoms with E-state index in [0.29, 0.717) is 26.2 Å². The molecule has 32 heavy (non-hydrogen) atoms. The van der Waals surface area contributed by atoms with Gasteiger partial charge in [-0.2, -0.15) is 0 Å². The lowest BCUT2D eigenvalue weighted by Gasteiger charge is -2.59. The highest BCUT2D eigenvalue weighted by Crippen LogP contribution is 2.64. The van der Waals surface area contributed by atoms with Gasteiger partial charge in [-0.1, -0.05) is 31.6 Å². The summed E-state index contributed by atoms with van der Waals surface area (Å²) in [6.07, 6.45) is 6.68. The molecule has 1 aliphatic heterocycles. The molecular weight excluding hydrogens is 412 g/mol. The standard InChI is InChI=1S/C25H36O7/c1-16-18-7-8-24(15-32-22(2,3)29-6)14-17(21(27)28-5)19(26)13-20(24)23(18,4)9-10-25(16)30-11-12-31-25/h7,14,16,20H,8-13,15H2,1-6H3/t16-,20+,23-,24-/m0/s1. The Kier molecular flexibility index (Phi) is 5.94. The van der Waals surface area contributed by atoms with E-state index in [1.807, 2.05) is 19.9 Å². The molecule has 2 fully saturated rings. The Morgan fingerprint density at radius 2 is 1.91 bits per heavy atom. The molecule has 1 saturated carbocycles. The zero-order valence-electron chi connectivity index (χ0n) is 20.1. The fourth-order valence-corrected chi connectivity index (χ4v) is 6.36. The van der Waals surface area contributed by atoms with Crippen LogP contribution < -0.4 is 0 Å². The first kappa shape index (κ1) is 23.6. The number of fused-ring (bicyclic) bond motifs is 3. The average Bonchev–Trinajstić information content (AvgIpc) is 3.25. The lowest BCUT2D eigenvalue weighted by atomic mass is 9.47. The fourth-order valence-electron chi connectivity index (χ4n) is 6.36. The molecule has 0 aromatic heterocycles. The summed E-state index contributed by atoms with van der Waals surface area (Å²) in [4.78, 5) is 25.5. The van der Waals surface area contributed by atoms with E-state index in [2.05, 4.69) is 19.9 Å². The van der Waals surface area contributed by atoms with Crippen molar-refractivity contribution in [3.05, 3.63) is 23.3 Å².